The third-order valence-corrected chi connectivity index (χ3v) is 7.76. The van der Waals surface area contributed by atoms with Crippen LogP contribution in [0.4, 0.5) is 0 Å². The molecule has 0 aromatic carbocycles. The molecule has 0 saturated carbocycles. The summed E-state index contributed by atoms with van der Waals surface area (Å²) >= 11 is 0. The first-order chi connectivity index (χ1) is 23.8. The van der Waals surface area contributed by atoms with Gasteiger partial charge in [-0.1, -0.05) is 38.5 Å². The second-order valence-electron chi connectivity index (χ2n) is 13.5. The number of unbranched alkanes of at least 4 members (excludes halogenated alkanes) is 9. The molecule has 292 valence electrons. The molecule has 0 aliphatic heterocycles. The Labute approximate surface area is 298 Å². The standard InChI is InChI=1S/C35H67N5O10/c1-35(2,3)50-26-29(44)34(49)40-28(33(48)38-22-12-6-9-15-25-43)17-19-31(46)39-27(32(47)37-21-11-5-8-14-24-42)16-18-30(45)36-20-10-4-7-13-23-41/h27-29,41-44H,4-26H2,1-3H3,(H,36,45)(H,37,47)(H,38,48)(H,39,46)(H,40,49). The Kier molecular flexibility index (Phi) is 28.1. The van der Waals surface area contributed by atoms with E-state index in [2.05, 4.69) is 26.6 Å². The second kappa shape index (κ2) is 29.8. The van der Waals surface area contributed by atoms with E-state index >= 15 is 0 Å². The Hall–Kier alpha value is -2.85. The number of carbonyl (C=O) groups is 5. The van der Waals surface area contributed by atoms with E-state index in [4.69, 9.17) is 20.1 Å². The smallest absolute Gasteiger partial charge is 0.251 e. The molecule has 5 amide bonds. The number of rotatable bonds is 31. The molecule has 0 saturated heterocycles. The highest BCUT2D eigenvalue weighted by atomic mass is 16.5. The van der Waals surface area contributed by atoms with Gasteiger partial charge in [0.2, 0.25) is 23.6 Å². The molecule has 0 spiro atoms. The zero-order valence-corrected chi connectivity index (χ0v) is 30.7. The van der Waals surface area contributed by atoms with Crippen molar-refractivity contribution in [2.45, 2.75) is 147 Å². The maximum absolute atomic E-state index is 13.1. The molecular formula is C35H67N5O10. The van der Waals surface area contributed by atoms with Gasteiger partial charge in [-0.3, -0.25) is 24.0 Å². The number of hydrogen-bond acceptors (Lipinski definition) is 10. The molecule has 0 aliphatic carbocycles. The number of hydrogen-bond donors (Lipinski definition) is 9. The Bertz CT molecular complexity index is 947. The molecule has 15 nitrogen and oxygen atoms in total. The third-order valence-electron chi connectivity index (χ3n) is 7.76. The maximum Gasteiger partial charge on any atom is 0.251 e. The van der Waals surface area contributed by atoms with Crippen LogP contribution in [0.25, 0.3) is 0 Å². The fraction of sp³-hybridized carbons (Fsp3) is 0.857. The molecular weight excluding hydrogens is 650 g/mol. The molecule has 0 aliphatic rings. The number of nitrogens with one attached hydrogen (secondary N) is 5. The van der Waals surface area contributed by atoms with Gasteiger partial charge in [-0.15, -0.1) is 0 Å². The lowest BCUT2D eigenvalue weighted by molar-refractivity contribution is -0.139. The normalized spacial score (nSPS) is 13.2. The average Bonchev–Trinajstić information content (AvgIpc) is 3.07. The summed E-state index contributed by atoms with van der Waals surface area (Å²) in [5.41, 5.74) is -0.601. The highest BCUT2D eigenvalue weighted by Crippen LogP contribution is 2.09. The molecule has 0 aromatic heterocycles. The summed E-state index contributed by atoms with van der Waals surface area (Å²) in [7, 11) is 0. The van der Waals surface area contributed by atoms with Crippen molar-refractivity contribution in [3.63, 3.8) is 0 Å². The fourth-order valence-electron chi connectivity index (χ4n) is 4.78. The van der Waals surface area contributed by atoms with E-state index in [1.165, 1.54) is 0 Å². The van der Waals surface area contributed by atoms with Crippen LogP contribution in [0.1, 0.15) is 124 Å². The summed E-state index contributed by atoms with van der Waals surface area (Å²) in [6.07, 6.45) is 7.29. The lowest BCUT2D eigenvalue weighted by Gasteiger charge is -2.24. The van der Waals surface area contributed by atoms with Crippen molar-refractivity contribution in [3.05, 3.63) is 0 Å². The van der Waals surface area contributed by atoms with Crippen LogP contribution < -0.4 is 26.6 Å². The van der Waals surface area contributed by atoms with E-state index in [1.807, 2.05) is 0 Å². The summed E-state index contributed by atoms with van der Waals surface area (Å²) in [6.45, 7) is 6.53. The summed E-state index contributed by atoms with van der Waals surface area (Å²) in [5.74, 6) is -2.60. The Morgan fingerprint density at radius 2 is 0.940 bits per heavy atom. The SMILES string of the molecule is CC(C)(C)OCC(O)C(=O)NC(CCC(=O)NC(CCC(=O)NCCCCCCO)C(=O)NCCCCCCO)C(=O)NCCCCCCO. The van der Waals surface area contributed by atoms with Crippen LogP contribution in [0.2, 0.25) is 0 Å². The van der Waals surface area contributed by atoms with Gasteiger partial charge in [0.15, 0.2) is 6.10 Å². The molecule has 0 rings (SSSR count). The molecule has 3 unspecified atom stereocenters. The molecule has 0 fully saturated rings. The number of carbonyl (C=O) groups excluding carboxylic acids is 5. The Morgan fingerprint density at radius 1 is 0.540 bits per heavy atom. The first-order valence-corrected chi connectivity index (χ1v) is 18.4. The van der Waals surface area contributed by atoms with Crippen molar-refractivity contribution in [1.82, 2.24) is 26.6 Å². The minimum absolute atomic E-state index is 0.000571. The minimum Gasteiger partial charge on any atom is -0.396 e. The van der Waals surface area contributed by atoms with Gasteiger partial charge in [-0.2, -0.15) is 0 Å². The predicted molar refractivity (Wildman–Crippen MR) is 190 cm³/mol. The van der Waals surface area contributed by atoms with E-state index in [0.29, 0.717) is 51.7 Å². The number of aliphatic hydroxyl groups is 4. The summed E-state index contributed by atoms with van der Waals surface area (Å²) < 4.78 is 5.49. The topological polar surface area (TPSA) is 236 Å². The number of amides is 5. The first-order valence-electron chi connectivity index (χ1n) is 18.4. The maximum atomic E-state index is 13.1. The molecule has 3 atom stereocenters. The van der Waals surface area contributed by atoms with E-state index in [0.717, 1.165) is 44.9 Å². The molecule has 0 bridgehead atoms. The van der Waals surface area contributed by atoms with Gasteiger partial charge < -0.3 is 51.7 Å². The molecule has 9 N–H and O–H groups in total. The van der Waals surface area contributed by atoms with Crippen molar-refractivity contribution in [1.29, 1.82) is 0 Å². The van der Waals surface area contributed by atoms with E-state index in [-0.39, 0.29) is 58.0 Å². The largest absolute Gasteiger partial charge is 0.396 e. The quantitative estimate of drug-likeness (QED) is 0.0455. The first kappa shape index (κ1) is 47.1. The minimum atomic E-state index is -1.54. The average molecular weight is 718 g/mol. The van der Waals surface area contributed by atoms with Crippen LogP contribution in [-0.2, 0) is 28.7 Å². The zero-order valence-electron chi connectivity index (χ0n) is 30.7. The lowest BCUT2D eigenvalue weighted by Crippen LogP contribution is -2.52. The van der Waals surface area contributed by atoms with Gasteiger partial charge >= 0.3 is 0 Å². The van der Waals surface area contributed by atoms with Crippen molar-refractivity contribution in [2.75, 3.05) is 46.1 Å². The second-order valence-corrected chi connectivity index (χ2v) is 13.5. The van der Waals surface area contributed by atoms with Crippen LogP contribution in [-0.4, -0.2) is 120 Å². The highest BCUT2D eigenvalue weighted by Gasteiger charge is 2.27. The Balaban J connectivity index is 5.37. The van der Waals surface area contributed by atoms with E-state index in [9.17, 15) is 29.1 Å². The number of ether oxygens (including phenoxy) is 1. The molecule has 0 aromatic rings. The summed E-state index contributed by atoms with van der Waals surface area (Å²) in [6, 6.07) is -2.16. The van der Waals surface area contributed by atoms with E-state index < -0.39 is 47.4 Å². The van der Waals surface area contributed by atoms with Gasteiger partial charge in [0, 0.05) is 52.3 Å². The predicted octanol–water partition coefficient (Wildman–Crippen LogP) is 0.699. The Morgan fingerprint density at radius 3 is 1.38 bits per heavy atom. The molecule has 15 heteroatoms. The van der Waals surface area contributed by atoms with E-state index in [1.54, 1.807) is 20.8 Å². The lowest BCUT2D eigenvalue weighted by atomic mass is 10.1. The van der Waals surface area contributed by atoms with Crippen LogP contribution in [0.15, 0.2) is 0 Å². The van der Waals surface area contributed by atoms with Crippen molar-refractivity contribution < 1.29 is 49.1 Å². The summed E-state index contributed by atoms with van der Waals surface area (Å²) in [5, 5.41) is 50.7. The van der Waals surface area contributed by atoms with Gasteiger partial charge in [0.05, 0.1) is 12.2 Å². The third kappa shape index (κ3) is 26.9. The van der Waals surface area contributed by atoms with Crippen LogP contribution in [0.5, 0.6) is 0 Å². The van der Waals surface area contributed by atoms with Crippen molar-refractivity contribution in [3.8, 4) is 0 Å². The number of aliphatic hydroxyl groups excluding tert-OH is 4. The van der Waals surface area contributed by atoms with Gasteiger partial charge in [-0.05, 0) is 72.1 Å². The van der Waals surface area contributed by atoms with Crippen LogP contribution in [0, 0.1) is 0 Å². The monoisotopic (exact) mass is 717 g/mol. The summed E-state index contributed by atoms with van der Waals surface area (Å²) in [4.78, 5) is 64.4. The van der Waals surface area contributed by atoms with Crippen LogP contribution >= 0.6 is 0 Å². The van der Waals surface area contributed by atoms with Crippen LogP contribution in [0.3, 0.4) is 0 Å². The zero-order chi connectivity index (χ0) is 37.6. The van der Waals surface area contributed by atoms with Gasteiger partial charge in [0.25, 0.3) is 5.91 Å². The van der Waals surface area contributed by atoms with Gasteiger partial charge in [-0.25, -0.2) is 0 Å². The van der Waals surface area contributed by atoms with Crippen molar-refractivity contribution >= 4 is 29.5 Å². The highest BCUT2D eigenvalue weighted by molar-refractivity contribution is 5.91. The molecule has 50 heavy (non-hydrogen) atoms. The molecule has 0 radical (unpaired) electrons. The van der Waals surface area contributed by atoms with Crippen molar-refractivity contribution in [2.24, 2.45) is 0 Å². The fourth-order valence-corrected chi connectivity index (χ4v) is 4.78. The van der Waals surface area contributed by atoms with Gasteiger partial charge in [0.1, 0.15) is 12.1 Å². The molecule has 0 heterocycles.